The average Bonchev–Trinajstić information content (AvgIpc) is 3.65. The van der Waals surface area contributed by atoms with Crippen molar-refractivity contribution in [2.45, 2.75) is 52.5 Å². The molecule has 0 radical (unpaired) electrons. The van der Waals surface area contributed by atoms with Gasteiger partial charge in [-0.1, -0.05) is 18.2 Å². The van der Waals surface area contributed by atoms with E-state index in [9.17, 15) is 28.0 Å². The second kappa shape index (κ2) is 15.8. The zero-order chi connectivity index (χ0) is 38.9. The molecule has 1 saturated heterocycles. The first-order valence-corrected chi connectivity index (χ1v) is 18.5. The van der Waals surface area contributed by atoms with Crippen molar-refractivity contribution in [1.29, 1.82) is 5.26 Å². The van der Waals surface area contributed by atoms with Gasteiger partial charge in [-0.3, -0.25) is 19.4 Å². The first kappa shape index (κ1) is 38.7. The minimum atomic E-state index is -4.54. The molecule has 2 aromatic heterocycles. The number of amides is 1. The van der Waals surface area contributed by atoms with Crippen molar-refractivity contribution in [3.63, 3.8) is 0 Å². The fourth-order valence-electron chi connectivity index (χ4n) is 7.41. The van der Waals surface area contributed by atoms with Gasteiger partial charge in [-0.25, -0.2) is 4.98 Å². The number of halogens is 3. The number of alkyl halides is 3. The Labute approximate surface area is 316 Å². The van der Waals surface area contributed by atoms with Crippen molar-refractivity contribution < 1.29 is 27.4 Å². The fourth-order valence-corrected chi connectivity index (χ4v) is 8.14. The summed E-state index contributed by atoms with van der Waals surface area (Å²) in [6.45, 7) is 10.9. The Hall–Kier alpha value is -4.97. The summed E-state index contributed by atoms with van der Waals surface area (Å²) in [4.78, 5) is 35.3. The number of hydrogen-bond donors (Lipinski definition) is 0. The molecule has 4 aromatic rings. The van der Waals surface area contributed by atoms with Crippen LogP contribution in [0.15, 0.2) is 53.1 Å². The third-order valence-corrected chi connectivity index (χ3v) is 11.6. The molecule has 1 fully saturated rings. The molecule has 4 heterocycles. The van der Waals surface area contributed by atoms with E-state index in [2.05, 4.69) is 20.9 Å². The first-order valence-electron chi connectivity index (χ1n) is 17.7. The molecular weight excluding hydrogens is 718 g/mol. The van der Waals surface area contributed by atoms with E-state index in [1.807, 2.05) is 57.3 Å². The number of aryl methyl sites for hydroxylation is 1. The lowest BCUT2D eigenvalue weighted by molar-refractivity contribution is -0.134. The standard InChI is InChI=1S/C40H43F3N6O4S/c1-24-25(2)38(50)46(4)22-32(24)28-16-34(52-5)33(35(17-28)53-6)23-48-14-12-47(13-15-48)21-27-8-7-9-30-26(3)49(11-10-31(27)30)39(51)29(19-44)18-37-45-20-36(54-37)40(41,42)43/h7-9,16-18,20,22,26H,10-15,21,23H2,1-6H3/b29-18+. The van der Waals surface area contributed by atoms with Crippen LogP contribution in [0.25, 0.3) is 17.2 Å². The summed E-state index contributed by atoms with van der Waals surface area (Å²) in [6, 6.07) is 11.7. The zero-order valence-corrected chi connectivity index (χ0v) is 32.0. The van der Waals surface area contributed by atoms with Crippen molar-refractivity contribution in [3.8, 4) is 28.7 Å². The van der Waals surface area contributed by atoms with Gasteiger partial charge in [0, 0.05) is 70.2 Å². The molecule has 1 atom stereocenters. The Kier molecular flexibility index (Phi) is 11.3. The number of aromatic nitrogens is 2. The fraction of sp³-hybridized carbons (Fsp3) is 0.400. The number of pyridine rings is 1. The first-order chi connectivity index (χ1) is 25.7. The average molecular weight is 761 g/mol. The molecule has 1 amide bonds. The van der Waals surface area contributed by atoms with Gasteiger partial charge in [0.05, 0.1) is 32.0 Å². The number of carbonyl (C=O) groups is 1. The summed E-state index contributed by atoms with van der Waals surface area (Å²) in [5.41, 5.74) is 7.58. The third kappa shape index (κ3) is 7.80. The zero-order valence-electron chi connectivity index (χ0n) is 31.2. The molecule has 2 aliphatic heterocycles. The molecular formula is C40H43F3N6O4S. The largest absolute Gasteiger partial charge is 0.496 e. The Morgan fingerprint density at radius 2 is 1.69 bits per heavy atom. The number of nitrogens with zero attached hydrogens (tertiary/aromatic N) is 6. The summed E-state index contributed by atoms with van der Waals surface area (Å²) < 4.78 is 52.6. The second-order valence-corrected chi connectivity index (χ2v) is 14.8. The van der Waals surface area contributed by atoms with E-state index in [-0.39, 0.29) is 22.2 Å². The summed E-state index contributed by atoms with van der Waals surface area (Å²) in [6.07, 6.45) is -0.237. The van der Waals surface area contributed by atoms with Gasteiger partial charge in [-0.2, -0.15) is 18.4 Å². The van der Waals surface area contributed by atoms with Crippen LogP contribution in [-0.2, 0) is 37.5 Å². The minimum Gasteiger partial charge on any atom is -0.496 e. The number of nitriles is 1. The number of carbonyl (C=O) groups excluding carboxylic acids is 1. The number of benzene rings is 2. The van der Waals surface area contributed by atoms with Crippen LogP contribution in [0, 0.1) is 25.2 Å². The molecule has 0 spiro atoms. The second-order valence-electron chi connectivity index (χ2n) is 13.8. The van der Waals surface area contributed by atoms with E-state index in [4.69, 9.17) is 9.47 Å². The molecule has 0 N–H and O–H groups in total. The van der Waals surface area contributed by atoms with E-state index >= 15 is 0 Å². The van der Waals surface area contributed by atoms with Crippen LogP contribution < -0.4 is 15.0 Å². The monoisotopic (exact) mass is 760 g/mol. The molecule has 1 unspecified atom stereocenters. The molecule has 0 saturated carbocycles. The highest BCUT2D eigenvalue weighted by molar-refractivity contribution is 7.12. The highest BCUT2D eigenvalue weighted by atomic mass is 32.1. The van der Waals surface area contributed by atoms with Crippen molar-refractivity contribution in [3.05, 3.63) is 102 Å². The maximum absolute atomic E-state index is 13.5. The number of methoxy groups -OCH3 is 2. The molecule has 0 bridgehead atoms. The van der Waals surface area contributed by atoms with Crippen molar-refractivity contribution in [2.75, 3.05) is 46.9 Å². The van der Waals surface area contributed by atoms with Gasteiger partial charge in [-0.05, 0) is 73.2 Å². The highest BCUT2D eigenvalue weighted by Crippen LogP contribution is 2.38. The lowest BCUT2D eigenvalue weighted by Gasteiger charge is -2.38. The Bertz CT molecular complexity index is 2170. The van der Waals surface area contributed by atoms with Crippen LogP contribution in [0.5, 0.6) is 11.5 Å². The SMILES string of the molecule is COc1cc(-c2cn(C)c(=O)c(C)c2C)cc(OC)c1CN1CCN(Cc2cccc3c2CCN(C(=O)/C(C#N)=C/c2ncc(C(F)(F)F)s2)C3C)CC1. The lowest BCUT2D eigenvalue weighted by atomic mass is 9.89. The van der Waals surface area contributed by atoms with Crippen LogP contribution in [0.4, 0.5) is 13.2 Å². The van der Waals surface area contributed by atoms with Crippen molar-refractivity contribution >= 4 is 23.3 Å². The molecule has 2 aromatic carbocycles. The smallest absolute Gasteiger partial charge is 0.427 e. The molecule has 54 heavy (non-hydrogen) atoms. The van der Waals surface area contributed by atoms with E-state index in [1.54, 1.807) is 30.7 Å². The highest BCUT2D eigenvalue weighted by Gasteiger charge is 2.34. The maximum atomic E-state index is 13.5. The topological polar surface area (TPSA) is 104 Å². The molecule has 284 valence electrons. The summed E-state index contributed by atoms with van der Waals surface area (Å²) in [5, 5.41) is 9.72. The Morgan fingerprint density at radius 1 is 1.04 bits per heavy atom. The molecule has 6 rings (SSSR count). The quantitative estimate of drug-likeness (QED) is 0.140. The van der Waals surface area contributed by atoms with E-state index in [1.165, 1.54) is 11.1 Å². The van der Waals surface area contributed by atoms with Crippen molar-refractivity contribution in [2.24, 2.45) is 7.05 Å². The van der Waals surface area contributed by atoms with E-state index < -0.39 is 17.0 Å². The van der Waals surface area contributed by atoms with E-state index in [0.717, 1.165) is 78.1 Å². The van der Waals surface area contributed by atoms with Gasteiger partial charge in [-0.15, -0.1) is 11.3 Å². The van der Waals surface area contributed by atoms with Gasteiger partial charge in [0.25, 0.3) is 11.5 Å². The number of ether oxygens (including phenoxy) is 2. The Morgan fingerprint density at radius 3 is 2.28 bits per heavy atom. The third-order valence-electron chi connectivity index (χ3n) is 10.6. The van der Waals surface area contributed by atoms with Crippen LogP contribution in [0.2, 0.25) is 0 Å². The number of hydrogen-bond acceptors (Lipinski definition) is 9. The van der Waals surface area contributed by atoms with Crippen LogP contribution in [0.3, 0.4) is 0 Å². The number of fused-ring (bicyclic) bond motifs is 1. The molecule has 0 aliphatic carbocycles. The molecule has 14 heteroatoms. The number of thiazole rings is 1. The summed E-state index contributed by atoms with van der Waals surface area (Å²) in [5.74, 6) is 0.930. The van der Waals surface area contributed by atoms with Gasteiger partial charge in [0.1, 0.15) is 33.0 Å². The van der Waals surface area contributed by atoms with Crippen LogP contribution >= 0.6 is 11.3 Å². The normalized spacial score (nSPS) is 16.9. The predicted molar refractivity (Wildman–Crippen MR) is 201 cm³/mol. The minimum absolute atomic E-state index is 0.0178. The maximum Gasteiger partial charge on any atom is 0.427 e. The van der Waals surface area contributed by atoms with Gasteiger partial charge in [0.15, 0.2) is 0 Å². The van der Waals surface area contributed by atoms with Gasteiger partial charge in [0.2, 0.25) is 0 Å². The van der Waals surface area contributed by atoms with Crippen LogP contribution in [0.1, 0.15) is 56.2 Å². The summed E-state index contributed by atoms with van der Waals surface area (Å²) >= 11 is 0.398. The van der Waals surface area contributed by atoms with Crippen molar-refractivity contribution in [1.82, 2.24) is 24.3 Å². The number of piperazine rings is 1. The summed E-state index contributed by atoms with van der Waals surface area (Å²) in [7, 11) is 5.08. The van der Waals surface area contributed by atoms with Crippen LogP contribution in [-0.4, -0.2) is 77.1 Å². The Balaban J connectivity index is 1.12. The molecule has 2 aliphatic rings. The lowest BCUT2D eigenvalue weighted by Crippen LogP contribution is -2.45. The molecule has 10 nitrogen and oxygen atoms in total. The number of rotatable bonds is 9. The van der Waals surface area contributed by atoms with E-state index in [0.29, 0.717) is 42.6 Å². The van der Waals surface area contributed by atoms with Gasteiger partial charge < -0.3 is 18.9 Å². The van der Waals surface area contributed by atoms with Gasteiger partial charge >= 0.3 is 6.18 Å². The predicted octanol–water partition coefficient (Wildman–Crippen LogP) is 6.53.